The Bertz CT molecular complexity index is 752. The highest BCUT2D eigenvalue weighted by molar-refractivity contribution is 5.48. The number of fused-ring (bicyclic) bond motifs is 1. The quantitative estimate of drug-likeness (QED) is 0.916. The molecule has 0 saturated carbocycles. The Labute approximate surface area is 143 Å². The van der Waals surface area contributed by atoms with Crippen molar-refractivity contribution < 1.29 is 0 Å². The summed E-state index contributed by atoms with van der Waals surface area (Å²) in [5.74, 6) is 0.870. The lowest BCUT2D eigenvalue weighted by atomic mass is 9.93. The van der Waals surface area contributed by atoms with E-state index in [4.69, 9.17) is 0 Å². The second-order valence-electron chi connectivity index (χ2n) is 6.71. The predicted molar refractivity (Wildman–Crippen MR) is 97.5 cm³/mol. The first-order valence-corrected chi connectivity index (χ1v) is 8.62. The standard InChI is InChI=1S/C19H26N4O/c1-22(2)17(14-9-5-4-6-10-14)13-20-18-15-11-7-8-12-16(15)19(24)23(3)21-18/h4-6,9-10,17H,7-8,11-13H2,1-3H3,(H,20,21). The number of aromatic nitrogens is 2. The van der Waals surface area contributed by atoms with E-state index in [1.165, 1.54) is 10.2 Å². The van der Waals surface area contributed by atoms with Crippen LogP contribution in [-0.4, -0.2) is 35.3 Å². The van der Waals surface area contributed by atoms with Gasteiger partial charge in [-0.2, -0.15) is 5.10 Å². The van der Waals surface area contributed by atoms with Crippen LogP contribution in [-0.2, 0) is 19.9 Å². The van der Waals surface area contributed by atoms with Crippen molar-refractivity contribution in [1.82, 2.24) is 14.7 Å². The summed E-state index contributed by atoms with van der Waals surface area (Å²) in [7, 11) is 5.91. The molecular formula is C19H26N4O. The summed E-state index contributed by atoms with van der Waals surface area (Å²) >= 11 is 0. The molecule has 1 N–H and O–H groups in total. The highest BCUT2D eigenvalue weighted by atomic mass is 16.1. The number of benzene rings is 1. The van der Waals surface area contributed by atoms with E-state index in [1.807, 2.05) is 6.07 Å². The summed E-state index contributed by atoms with van der Waals surface area (Å²) in [5, 5.41) is 7.99. The molecule has 1 aliphatic rings. The van der Waals surface area contributed by atoms with Crippen LogP contribution in [0, 0.1) is 0 Å². The van der Waals surface area contributed by atoms with Gasteiger partial charge in [0.1, 0.15) is 5.82 Å². The van der Waals surface area contributed by atoms with Crippen LogP contribution in [0.15, 0.2) is 35.1 Å². The van der Waals surface area contributed by atoms with Gasteiger partial charge in [0.2, 0.25) is 0 Å². The van der Waals surface area contributed by atoms with Gasteiger partial charge in [0, 0.05) is 24.7 Å². The molecule has 1 aromatic carbocycles. The topological polar surface area (TPSA) is 50.2 Å². The molecule has 3 rings (SSSR count). The predicted octanol–water partition coefficient (Wildman–Crippen LogP) is 2.37. The van der Waals surface area contributed by atoms with Crippen molar-refractivity contribution in [3.05, 3.63) is 57.4 Å². The average molecular weight is 326 g/mol. The maximum atomic E-state index is 12.3. The molecule has 1 heterocycles. The Morgan fingerprint density at radius 1 is 1.17 bits per heavy atom. The second kappa shape index (κ2) is 7.18. The van der Waals surface area contributed by atoms with Crippen molar-refractivity contribution in [2.45, 2.75) is 31.7 Å². The van der Waals surface area contributed by atoms with Crippen molar-refractivity contribution in [2.24, 2.45) is 7.05 Å². The van der Waals surface area contributed by atoms with E-state index in [9.17, 15) is 4.79 Å². The first kappa shape index (κ1) is 16.7. The van der Waals surface area contributed by atoms with Crippen LogP contribution in [0.3, 0.4) is 0 Å². The van der Waals surface area contributed by atoms with Crippen LogP contribution in [0.4, 0.5) is 5.82 Å². The number of aryl methyl sites for hydroxylation is 1. The zero-order chi connectivity index (χ0) is 17.1. The number of hydrogen-bond acceptors (Lipinski definition) is 4. The van der Waals surface area contributed by atoms with Gasteiger partial charge in [-0.25, -0.2) is 4.68 Å². The Morgan fingerprint density at radius 3 is 2.50 bits per heavy atom. The van der Waals surface area contributed by atoms with Crippen LogP contribution in [0.25, 0.3) is 0 Å². The minimum atomic E-state index is 0.0578. The Balaban J connectivity index is 1.86. The molecule has 0 radical (unpaired) electrons. The van der Waals surface area contributed by atoms with Crippen LogP contribution >= 0.6 is 0 Å². The zero-order valence-electron chi connectivity index (χ0n) is 14.7. The maximum absolute atomic E-state index is 12.3. The average Bonchev–Trinajstić information content (AvgIpc) is 2.60. The smallest absolute Gasteiger partial charge is 0.270 e. The summed E-state index contributed by atoms with van der Waals surface area (Å²) in [6.45, 7) is 0.759. The molecular weight excluding hydrogens is 300 g/mol. The van der Waals surface area contributed by atoms with Crippen LogP contribution in [0.2, 0.25) is 0 Å². The third kappa shape index (κ3) is 3.36. The van der Waals surface area contributed by atoms with Crippen molar-refractivity contribution in [1.29, 1.82) is 0 Å². The molecule has 0 aliphatic heterocycles. The van der Waals surface area contributed by atoms with Gasteiger partial charge in [-0.1, -0.05) is 30.3 Å². The van der Waals surface area contributed by atoms with E-state index in [0.717, 1.165) is 49.2 Å². The van der Waals surface area contributed by atoms with Gasteiger partial charge < -0.3 is 10.2 Å². The molecule has 1 aromatic heterocycles. The summed E-state index contributed by atoms with van der Waals surface area (Å²) in [6.07, 6.45) is 4.04. The van der Waals surface area contributed by atoms with E-state index in [1.54, 1.807) is 7.05 Å². The Kier molecular flexibility index (Phi) is 5.00. The van der Waals surface area contributed by atoms with Gasteiger partial charge in [0.05, 0.1) is 6.04 Å². The SMILES string of the molecule is CN(C)C(CNc1nn(C)c(=O)c2c1CCCC2)c1ccccc1. The monoisotopic (exact) mass is 326 g/mol. The molecule has 0 bridgehead atoms. The Hall–Kier alpha value is -2.14. The first-order chi connectivity index (χ1) is 11.6. The normalized spacial score (nSPS) is 15.2. The number of rotatable bonds is 5. The highest BCUT2D eigenvalue weighted by Gasteiger charge is 2.21. The number of nitrogens with zero attached hydrogens (tertiary/aromatic N) is 3. The number of nitrogens with one attached hydrogen (secondary N) is 1. The molecule has 1 unspecified atom stereocenters. The van der Waals surface area contributed by atoms with E-state index < -0.39 is 0 Å². The lowest BCUT2D eigenvalue weighted by Crippen LogP contribution is -2.31. The molecule has 0 saturated heterocycles. The molecule has 5 nitrogen and oxygen atoms in total. The molecule has 0 fully saturated rings. The highest BCUT2D eigenvalue weighted by Crippen LogP contribution is 2.25. The minimum Gasteiger partial charge on any atom is -0.366 e. The van der Waals surface area contributed by atoms with Gasteiger partial charge in [-0.15, -0.1) is 0 Å². The molecule has 128 valence electrons. The molecule has 5 heteroatoms. The van der Waals surface area contributed by atoms with E-state index in [-0.39, 0.29) is 11.6 Å². The summed E-state index contributed by atoms with van der Waals surface area (Å²) in [5.41, 5.74) is 3.40. The fourth-order valence-electron chi connectivity index (χ4n) is 3.46. The van der Waals surface area contributed by atoms with E-state index >= 15 is 0 Å². The van der Waals surface area contributed by atoms with Crippen LogP contribution in [0.1, 0.15) is 35.6 Å². The fourth-order valence-corrected chi connectivity index (χ4v) is 3.46. The van der Waals surface area contributed by atoms with E-state index in [2.05, 4.69) is 53.7 Å². The van der Waals surface area contributed by atoms with Gasteiger partial charge >= 0.3 is 0 Å². The van der Waals surface area contributed by atoms with E-state index in [0.29, 0.717) is 0 Å². The lowest BCUT2D eigenvalue weighted by molar-refractivity contribution is 0.311. The Morgan fingerprint density at radius 2 is 1.83 bits per heavy atom. The molecule has 2 aromatic rings. The molecule has 1 atom stereocenters. The molecule has 0 spiro atoms. The number of likely N-dealkylation sites (N-methyl/N-ethyl adjacent to an activating group) is 1. The third-order valence-corrected chi connectivity index (χ3v) is 4.83. The van der Waals surface area contributed by atoms with Crippen molar-refractivity contribution in [3.63, 3.8) is 0 Å². The van der Waals surface area contributed by atoms with Gasteiger partial charge in [0.25, 0.3) is 5.56 Å². The fraction of sp³-hybridized carbons (Fsp3) is 0.474. The minimum absolute atomic E-state index is 0.0578. The van der Waals surface area contributed by atoms with Crippen LogP contribution < -0.4 is 10.9 Å². The number of anilines is 1. The summed E-state index contributed by atoms with van der Waals surface area (Å²) in [4.78, 5) is 14.5. The van der Waals surface area contributed by atoms with Crippen LogP contribution in [0.5, 0.6) is 0 Å². The molecule has 1 aliphatic carbocycles. The summed E-state index contributed by atoms with van der Waals surface area (Å²) < 4.78 is 1.47. The zero-order valence-corrected chi connectivity index (χ0v) is 14.7. The third-order valence-electron chi connectivity index (χ3n) is 4.83. The van der Waals surface area contributed by atoms with Crippen molar-refractivity contribution in [3.8, 4) is 0 Å². The second-order valence-corrected chi connectivity index (χ2v) is 6.71. The van der Waals surface area contributed by atoms with Gasteiger partial charge in [0.15, 0.2) is 0 Å². The molecule has 0 amide bonds. The van der Waals surface area contributed by atoms with Crippen molar-refractivity contribution >= 4 is 5.82 Å². The molecule has 24 heavy (non-hydrogen) atoms. The number of hydrogen-bond donors (Lipinski definition) is 1. The first-order valence-electron chi connectivity index (χ1n) is 8.62. The van der Waals surface area contributed by atoms with Gasteiger partial charge in [-0.05, 0) is 45.3 Å². The largest absolute Gasteiger partial charge is 0.366 e. The maximum Gasteiger partial charge on any atom is 0.270 e. The lowest BCUT2D eigenvalue weighted by Gasteiger charge is -2.27. The van der Waals surface area contributed by atoms with Crippen molar-refractivity contribution in [2.75, 3.05) is 26.0 Å². The van der Waals surface area contributed by atoms with Gasteiger partial charge in [-0.3, -0.25) is 4.79 Å². The summed E-state index contributed by atoms with van der Waals surface area (Å²) in [6, 6.07) is 10.7.